The van der Waals surface area contributed by atoms with E-state index in [-0.39, 0.29) is 0 Å². The molecule has 0 radical (unpaired) electrons. The Morgan fingerprint density at radius 1 is 1.11 bits per heavy atom. The second-order valence-corrected chi connectivity index (χ2v) is 3.89. The normalized spacial score (nSPS) is 35.9. The summed E-state index contributed by atoms with van der Waals surface area (Å²) in [6.07, 6.45) is -6.78. The minimum Gasteiger partial charge on any atom is -0.455 e. The van der Waals surface area contributed by atoms with Crippen LogP contribution in [0, 0.1) is 0 Å². The molecule has 0 aliphatic carbocycles. The third kappa shape index (κ3) is 3.39. The van der Waals surface area contributed by atoms with Crippen molar-refractivity contribution in [1.82, 2.24) is 0 Å². The second kappa shape index (κ2) is 6.10. The molecule has 0 spiro atoms. The van der Waals surface area contributed by atoms with Crippen molar-refractivity contribution in [3.05, 3.63) is 0 Å². The fourth-order valence-electron chi connectivity index (χ4n) is 1.70. The predicted molar refractivity (Wildman–Crippen MR) is 55.1 cm³/mol. The van der Waals surface area contributed by atoms with Crippen molar-refractivity contribution in [3.8, 4) is 0 Å². The lowest BCUT2D eigenvalue weighted by Crippen LogP contribution is -2.60. The first-order valence-corrected chi connectivity index (χ1v) is 5.33. The molecule has 3 N–H and O–H groups in total. The average molecular weight is 264 g/mol. The number of rotatable bonds is 3. The van der Waals surface area contributed by atoms with Crippen LogP contribution < -0.4 is 0 Å². The van der Waals surface area contributed by atoms with E-state index in [1.54, 1.807) is 0 Å². The molecule has 1 aliphatic rings. The van der Waals surface area contributed by atoms with Gasteiger partial charge in [-0.25, -0.2) is 0 Å². The van der Waals surface area contributed by atoms with Gasteiger partial charge in [-0.1, -0.05) is 0 Å². The Bertz CT molecular complexity index is 317. The second-order valence-electron chi connectivity index (χ2n) is 3.89. The van der Waals surface area contributed by atoms with Crippen LogP contribution in [0.4, 0.5) is 0 Å². The van der Waals surface area contributed by atoms with Crippen molar-refractivity contribution in [2.45, 2.75) is 44.6 Å². The van der Waals surface area contributed by atoms with E-state index in [2.05, 4.69) is 0 Å². The summed E-state index contributed by atoms with van der Waals surface area (Å²) >= 11 is 0. The summed E-state index contributed by atoms with van der Waals surface area (Å²) in [5.41, 5.74) is 0. The molecule has 0 amide bonds. The highest BCUT2D eigenvalue weighted by atomic mass is 16.7. The topological polar surface area (TPSA) is 123 Å². The quantitative estimate of drug-likeness (QED) is 0.496. The van der Waals surface area contributed by atoms with Gasteiger partial charge in [-0.2, -0.15) is 0 Å². The van der Waals surface area contributed by atoms with Crippen molar-refractivity contribution in [3.63, 3.8) is 0 Å². The van der Waals surface area contributed by atoms with E-state index in [1.165, 1.54) is 0 Å². The number of carbonyl (C=O) groups is 2. The number of aliphatic hydroxyl groups is 3. The Balaban J connectivity index is 2.89. The Labute approximate surface area is 103 Å². The van der Waals surface area contributed by atoms with E-state index in [0.29, 0.717) is 0 Å². The summed E-state index contributed by atoms with van der Waals surface area (Å²) < 4.78 is 14.4. The summed E-state index contributed by atoms with van der Waals surface area (Å²) in [6.45, 7) is 1.62. The molecule has 3 unspecified atom stereocenters. The van der Waals surface area contributed by atoms with E-state index < -0.39 is 49.3 Å². The molecule has 1 aliphatic heterocycles. The Hall–Kier alpha value is -1.22. The standard InChI is InChI=1S/C10H16O8/c1-4(12)16-8-7(14)6(3-11)18-10(15)9(8)17-5(2)13/h6-11,14-15H,3H2,1-2H3/t6?,7-,8?,9?,10+/m1/s1. The van der Waals surface area contributed by atoms with Crippen LogP contribution in [-0.2, 0) is 23.8 Å². The molecule has 5 atom stereocenters. The van der Waals surface area contributed by atoms with Crippen LogP contribution in [0.2, 0.25) is 0 Å². The number of carbonyl (C=O) groups excluding carboxylic acids is 2. The van der Waals surface area contributed by atoms with E-state index in [4.69, 9.17) is 19.3 Å². The largest absolute Gasteiger partial charge is 0.455 e. The van der Waals surface area contributed by atoms with E-state index in [9.17, 15) is 19.8 Å². The summed E-state index contributed by atoms with van der Waals surface area (Å²) in [5, 5.41) is 28.4. The van der Waals surface area contributed by atoms with Crippen molar-refractivity contribution in [2.75, 3.05) is 6.61 Å². The highest BCUT2D eigenvalue weighted by molar-refractivity contribution is 5.67. The molecule has 0 aromatic carbocycles. The number of esters is 2. The van der Waals surface area contributed by atoms with Gasteiger partial charge >= 0.3 is 11.9 Å². The molecular formula is C10H16O8. The van der Waals surface area contributed by atoms with Crippen molar-refractivity contribution < 1.29 is 39.1 Å². The maximum atomic E-state index is 10.9. The molecule has 8 heteroatoms. The number of hydrogen-bond acceptors (Lipinski definition) is 8. The van der Waals surface area contributed by atoms with E-state index in [0.717, 1.165) is 13.8 Å². The average Bonchev–Trinajstić information content (AvgIpc) is 2.27. The number of aliphatic hydroxyl groups excluding tert-OH is 3. The van der Waals surface area contributed by atoms with Crippen molar-refractivity contribution in [1.29, 1.82) is 0 Å². The number of hydrogen-bond donors (Lipinski definition) is 3. The maximum absolute atomic E-state index is 10.9. The van der Waals surface area contributed by atoms with Gasteiger partial charge in [0.25, 0.3) is 0 Å². The van der Waals surface area contributed by atoms with Gasteiger partial charge in [-0.15, -0.1) is 0 Å². The van der Waals surface area contributed by atoms with Gasteiger partial charge in [0, 0.05) is 13.8 Å². The molecular weight excluding hydrogens is 248 g/mol. The fraction of sp³-hybridized carbons (Fsp3) is 0.800. The van der Waals surface area contributed by atoms with Gasteiger partial charge in [0.15, 0.2) is 18.5 Å². The van der Waals surface area contributed by atoms with Gasteiger partial charge in [0.05, 0.1) is 6.61 Å². The van der Waals surface area contributed by atoms with Crippen molar-refractivity contribution >= 4 is 11.9 Å². The molecule has 0 bridgehead atoms. The van der Waals surface area contributed by atoms with Gasteiger partial charge in [0.2, 0.25) is 0 Å². The molecule has 0 aromatic rings. The van der Waals surface area contributed by atoms with Gasteiger partial charge < -0.3 is 29.5 Å². The van der Waals surface area contributed by atoms with Crippen LogP contribution in [-0.4, -0.2) is 64.6 Å². The molecule has 1 rings (SSSR count). The van der Waals surface area contributed by atoms with Gasteiger partial charge in [-0.3, -0.25) is 9.59 Å². The maximum Gasteiger partial charge on any atom is 0.303 e. The SMILES string of the molecule is CC(=O)OC1C(OC(C)=O)[C@@H](O)OC(CO)[C@H]1O. The zero-order valence-electron chi connectivity index (χ0n) is 9.98. The first-order valence-electron chi connectivity index (χ1n) is 5.33. The minimum atomic E-state index is -1.60. The summed E-state index contributed by atoms with van der Waals surface area (Å²) in [5.74, 6) is -1.45. The Kier molecular flexibility index (Phi) is 5.03. The Morgan fingerprint density at radius 2 is 1.61 bits per heavy atom. The van der Waals surface area contributed by atoms with Crippen molar-refractivity contribution in [2.24, 2.45) is 0 Å². The lowest BCUT2D eigenvalue weighted by Gasteiger charge is -2.40. The summed E-state index contributed by atoms with van der Waals surface area (Å²) in [7, 11) is 0. The first-order chi connectivity index (χ1) is 8.36. The molecule has 8 nitrogen and oxygen atoms in total. The van der Waals surface area contributed by atoms with E-state index >= 15 is 0 Å². The molecule has 0 saturated carbocycles. The molecule has 18 heavy (non-hydrogen) atoms. The van der Waals surface area contributed by atoms with Crippen LogP contribution in [0.5, 0.6) is 0 Å². The summed E-state index contributed by atoms with van der Waals surface area (Å²) in [6, 6.07) is 0. The van der Waals surface area contributed by atoms with Crippen LogP contribution >= 0.6 is 0 Å². The fourth-order valence-corrected chi connectivity index (χ4v) is 1.70. The first kappa shape index (κ1) is 14.8. The highest BCUT2D eigenvalue weighted by Gasteiger charge is 2.48. The monoisotopic (exact) mass is 264 g/mol. The molecule has 1 saturated heterocycles. The smallest absolute Gasteiger partial charge is 0.303 e. The lowest BCUT2D eigenvalue weighted by atomic mass is 9.99. The third-order valence-electron chi connectivity index (χ3n) is 2.42. The Morgan fingerprint density at radius 3 is 2.06 bits per heavy atom. The third-order valence-corrected chi connectivity index (χ3v) is 2.42. The lowest BCUT2D eigenvalue weighted by molar-refractivity contribution is -0.293. The van der Waals surface area contributed by atoms with E-state index in [1.807, 2.05) is 0 Å². The zero-order chi connectivity index (χ0) is 13.9. The molecule has 1 heterocycles. The molecule has 104 valence electrons. The predicted octanol–water partition coefficient (Wildman–Crippen LogP) is -2.08. The molecule has 0 aromatic heterocycles. The van der Waals surface area contributed by atoms with Gasteiger partial charge in [0.1, 0.15) is 12.2 Å². The molecule has 1 fully saturated rings. The van der Waals surface area contributed by atoms with Crippen LogP contribution in [0.15, 0.2) is 0 Å². The van der Waals surface area contributed by atoms with Crippen LogP contribution in [0.25, 0.3) is 0 Å². The minimum absolute atomic E-state index is 0.581. The number of ether oxygens (including phenoxy) is 3. The summed E-state index contributed by atoms with van der Waals surface area (Å²) in [4.78, 5) is 21.8. The van der Waals surface area contributed by atoms with Gasteiger partial charge in [-0.05, 0) is 0 Å². The van der Waals surface area contributed by atoms with Crippen LogP contribution in [0.3, 0.4) is 0 Å². The highest BCUT2D eigenvalue weighted by Crippen LogP contribution is 2.24. The van der Waals surface area contributed by atoms with Crippen LogP contribution in [0.1, 0.15) is 13.8 Å². The zero-order valence-corrected chi connectivity index (χ0v) is 9.98.